The first-order chi connectivity index (χ1) is 9.74. The summed E-state index contributed by atoms with van der Waals surface area (Å²) >= 11 is 0. The molecule has 3 rings (SSSR count). The average molecular weight is 269 g/mol. The lowest BCUT2D eigenvalue weighted by Crippen LogP contribution is -2.33. The second kappa shape index (κ2) is 5.49. The number of carbonyl (C=O) groups is 1. The van der Waals surface area contributed by atoms with Gasteiger partial charge >= 0.3 is 0 Å². The zero-order chi connectivity index (χ0) is 13.9. The molecule has 1 aliphatic rings. The Bertz CT molecular complexity index is 633. The second-order valence-corrected chi connectivity index (χ2v) is 5.28. The highest BCUT2D eigenvalue weighted by Gasteiger charge is 2.17. The van der Waals surface area contributed by atoms with E-state index in [2.05, 4.69) is 23.3 Å². The Balaban J connectivity index is 1.72. The number of hydrogen-bond donors (Lipinski definition) is 1. The van der Waals surface area contributed by atoms with E-state index in [1.165, 1.54) is 5.56 Å². The molecule has 0 unspecified atom stereocenters. The largest absolute Gasteiger partial charge is 0.361 e. The van der Waals surface area contributed by atoms with E-state index in [-0.39, 0.29) is 5.91 Å². The number of carbonyl (C=O) groups excluding carboxylic acids is 1. The number of nitrogens with one attached hydrogen (secondary N) is 1. The minimum Gasteiger partial charge on any atom is -0.361 e. The minimum atomic E-state index is 0.162. The second-order valence-electron chi connectivity index (χ2n) is 5.28. The van der Waals surface area contributed by atoms with Crippen LogP contribution in [0.2, 0.25) is 0 Å². The molecule has 2 aromatic rings. The molecule has 2 heterocycles. The number of aryl methyl sites for hydroxylation is 1. The van der Waals surface area contributed by atoms with Crippen LogP contribution in [-0.2, 0) is 4.79 Å². The summed E-state index contributed by atoms with van der Waals surface area (Å²) in [7, 11) is 0. The molecule has 0 saturated carbocycles. The van der Waals surface area contributed by atoms with Gasteiger partial charge in [-0.2, -0.15) is 0 Å². The molecule has 0 spiro atoms. The Labute approximate surface area is 118 Å². The highest BCUT2D eigenvalue weighted by molar-refractivity contribution is 5.85. The van der Waals surface area contributed by atoms with Gasteiger partial charge in [0, 0.05) is 18.5 Å². The highest BCUT2D eigenvalue weighted by Crippen LogP contribution is 2.19. The lowest BCUT2D eigenvalue weighted by Gasteiger charge is -2.16. The van der Waals surface area contributed by atoms with Gasteiger partial charge in [-0.05, 0) is 37.5 Å². The highest BCUT2D eigenvalue weighted by atomic mass is 16.2. The van der Waals surface area contributed by atoms with Gasteiger partial charge < -0.3 is 10.2 Å². The Morgan fingerprint density at radius 1 is 1.30 bits per heavy atom. The van der Waals surface area contributed by atoms with Crippen molar-refractivity contribution in [1.82, 2.24) is 9.88 Å². The van der Waals surface area contributed by atoms with Gasteiger partial charge in [0.2, 0.25) is 5.91 Å². The number of pyridine rings is 1. The van der Waals surface area contributed by atoms with E-state index < -0.39 is 0 Å². The van der Waals surface area contributed by atoms with Crippen molar-refractivity contribution in [1.29, 1.82) is 0 Å². The number of aromatic nitrogens is 1. The molecule has 1 saturated heterocycles. The quantitative estimate of drug-likeness (QED) is 0.931. The molecule has 104 valence electrons. The SMILES string of the molecule is Cc1cc(NCC(=O)N2CCCC2)nc2ccccc12. The summed E-state index contributed by atoms with van der Waals surface area (Å²) in [4.78, 5) is 18.5. The van der Waals surface area contributed by atoms with Crippen LogP contribution < -0.4 is 5.32 Å². The first kappa shape index (κ1) is 12.9. The average Bonchev–Trinajstić information content (AvgIpc) is 2.99. The van der Waals surface area contributed by atoms with Crippen LogP contribution in [0.25, 0.3) is 10.9 Å². The number of fused-ring (bicyclic) bond motifs is 1. The van der Waals surface area contributed by atoms with E-state index in [1.54, 1.807) is 0 Å². The van der Waals surface area contributed by atoms with E-state index in [0.717, 1.165) is 42.7 Å². The van der Waals surface area contributed by atoms with Gasteiger partial charge in [-0.3, -0.25) is 4.79 Å². The van der Waals surface area contributed by atoms with Crippen LogP contribution in [0.5, 0.6) is 0 Å². The van der Waals surface area contributed by atoms with E-state index in [4.69, 9.17) is 0 Å². The summed E-state index contributed by atoms with van der Waals surface area (Å²) in [6, 6.07) is 10.1. The van der Waals surface area contributed by atoms with Gasteiger partial charge in [-0.25, -0.2) is 4.98 Å². The van der Waals surface area contributed by atoms with Gasteiger partial charge in [0.1, 0.15) is 5.82 Å². The molecule has 1 amide bonds. The normalized spacial score (nSPS) is 14.8. The number of hydrogen-bond acceptors (Lipinski definition) is 3. The van der Waals surface area contributed by atoms with Crippen LogP contribution in [0.15, 0.2) is 30.3 Å². The Morgan fingerprint density at radius 3 is 2.85 bits per heavy atom. The molecule has 1 N–H and O–H groups in total. The van der Waals surface area contributed by atoms with Crippen molar-refractivity contribution < 1.29 is 4.79 Å². The molecular formula is C16H19N3O. The van der Waals surface area contributed by atoms with E-state index >= 15 is 0 Å². The third-order valence-corrected chi connectivity index (χ3v) is 3.80. The fraction of sp³-hybridized carbons (Fsp3) is 0.375. The lowest BCUT2D eigenvalue weighted by atomic mass is 10.1. The molecule has 0 aliphatic carbocycles. The Hall–Kier alpha value is -2.10. The van der Waals surface area contributed by atoms with Gasteiger partial charge in [-0.1, -0.05) is 18.2 Å². The topological polar surface area (TPSA) is 45.2 Å². The Kier molecular flexibility index (Phi) is 3.54. The van der Waals surface area contributed by atoms with Crippen molar-refractivity contribution in [3.05, 3.63) is 35.9 Å². The lowest BCUT2D eigenvalue weighted by molar-refractivity contribution is -0.128. The monoisotopic (exact) mass is 269 g/mol. The number of rotatable bonds is 3. The summed E-state index contributed by atoms with van der Waals surface area (Å²) in [5, 5.41) is 4.31. The van der Waals surface area contributed by atoms with Gasteiger partial charge in [-0.15, -0.1) is 0 Å². The molecule has 1 aromatic carbocycles. The van der Waals surface area contributed by atoms with E-state index in [1.807, 2.05) is 29.2 Å². The molecule has 1 fully saturated rings. The molecular weight excluding hydrogens is 250 g/mol. The molecule has 1 aromatic heterocycles. The number of benzene rings is 1. The van der Waals surface area contributed by atoms with Crippen LogP contribution in [0.3, 0.4) is 0 Å². The predicted octanol–water partition coefficient (Wildman–Crippen LogP) is 2.58. The van der Waals surface area contributed by atoms with Crippen LogP contribution in [0.4, 0.5) is 5.82 Å². The van der Waals surface area contributed by atoms with Crippen molar-refractivity contribution in [3.8, 4) is 0 Å². The molecule has 4 heteroatoms. The predicted molar refractivity (Wildman–Crippen MR) is 80.8 cm³/mol. The number of nitrogens with zero attached hydrogens (tertiary/aromatic N) is 2. The minimum absolute atomic E-state index is 0.162. The maximum Gasteiger partial charge on any atom is 0.241 e. The zero-order valence-electron chi connectivity index (χ0n) is 11.7. The molecule has 0 atom stereocenters. The van der Waals surface area contributed by atoms with Gasteiger partial charge in [0.25, 0.3) is 0 Å². The summed E-state index contributed by atoms with van der Waals surface area (Å²) < 4.78 is 0. The molecule has 1 aliphatic heterocycles. The van der Waals surface area contributed by atoms with Crippen molar-refractivity contribution in [2.75, 3.05) is 25.0 Å². The van der Waals surface area contributed by atoms with Crippen LogP contribution in [-0.4, -0.2) is 35.4 Å². The van der Waals surface area contributed by atoms with Crippen LogP contribution >= 0.6 is 0 Å². The maximum absolute atomic E-state index is 12.0. The summed E-state index contributed by atoms with van der Waals surface area (Å²) in [6.07, 6.45) is 2.25. The molecule has 20 heavy (non-hydrogen) atoms. The third kappa shape index (κ3) is 2.59. The fourth-order valence-corrected chi connectivity index (χ4v) is 2.68. The van der Waals surface area contributed by atoms with Crippen molar-refractivity contribution in [2.45, 2.75) is 19.8 Å². The number of para-hydroxylation sites is 1. The number of likely N-dealkylation sites (tertiary alicyclic amines) is 1. The van der Waals surface area contributed by atoms with Crippen LogP contribution in [0.1, 0.15) is 18.4 Å². The standard InChI is InChI=1S/C16H19N3O/c1-12-10-15(18-14-7-3-2-6-13(12)14)17-11-16(20)19-8-4-5-9-19/h2-3,6-7,10H,4-5,8-9,11H2,1H3,(H,17,18). The third-order valence-electron chi connectivity index (χ3n) is 3.80. The van der Waals surface area contributed by atoms with Crippen molar-refractivity contribution >= 4 is 22.6 Å². The molecule has 4 nitrogen and oxygen atoms in total. The summed E-state index contributed by atoms with van der Waals surface area (Å²) in [5.41, 5.74) is 2.13. The van der Waals surface area contributed by atoms with Crippen molar-refractivity contribution in [2.24, 2.45) is 0 Å². The maximum atomic E-state index is 12.0. The Morgan fingerprint density at radius 2 is 2.05 bits per heavy atom. The van der Waals surface area contributed by atoms with E-state index in [0.29, 0.717) is 6.54 Å². The first-order valence-electron chi connectivity index (χ1n) is 7.12. The van der Waals surface area contributed by atoms with Gasteiger partial charge in [0.15, 0.2) is 0 Å². The van der Waals surface area contributed by atoms with Crippen molar-refractivity contribution in [3.63, 3.8) is 0 Å². The molecule has 0 bridgehead atoms. The van der Waals surface area contributed by atoms with Gasteiger partial charge in [0.05, 0.1) is 12.1 Å². The summed E-state index contributed by atoms with van der Waals surface area (Å²) in [5.74, 6) is 0.934. The summed E-state index contributed by atoms with van der Waals surface area (Å²) in [6.45, 7) is 4.18. The zero-order valence-corrected chi connectivity index (χ0v) is 11.7. The fourth-order valence-electron chi connectivity index (χ4n) is 2.68. The van der Waals surface area contributed by atoms with Crippen LogP contribution in [0, 0.1) is 6.92 Å². The molecule has 0 radical (unpaired) electrons. The first-order valence-corrected chi connectivity index (χ1v) is 7.12. The smallest absolute Gasteiger partial charge is 0.241 e. The number of amides is 1. The van der Waals surface area contributed by atoms with E-state index in [9.17, 15) is 4.79 Å². The number of anilines is 1.